The Kier molecular flexibility index (Phi) is 4.22. The standard InChI is InChI=1S/C19H8F6O6/c20-18(21,22)17(19(23,24)25,7-1-3-9-11(5-7)15(28)30-13(9)26)8-2-4-10-12(6-8)16(29)31-14(10)27/h1-5,8H,6H2. The number of hydrogen-bond acceptors (Lipinski definition) is 6. The first-order valence-electron chi connectivity index (χ1n) is 8.51. The number of alkyl halides is 6. The van der Waals surface area contributed by atoms with Crippen LogP contribution >= 0.6 is 0 Å². The highest BCUT2D eigenvalue weighted by molar-refractivity contribution is 6.15. The van der Waals surface area contributed by atoms with Crippen molar-refractivity contribution in [2.24, 2.45) is 5.92 Å². The van der Waals surface area contributed by atoms with Crippen LogP contribution in [-0.2, 0) is 24.5 Å². The molecule has 0 bridgehead atoms. The van der Waals surface area contributed by atoms with E-state index in [2.05, 4.69) is 9.47 Å². The number of carbonyl (C=O) groups is 4. The number of hydrogen-bond donors (Lipinski definition) is 0. The molecule has 6 nitrogen and oxygen atoms in total. The molecule has 3 aliphatic rings. The maximum absolute atomic E-state index is 14.2. The lowest BCUT2D eigenvalue weighted by atomic mass is 9.64. The van der Waals surface area contributed by atoms with Crippen LogP contribution in [0.1, 0.15) is 32.7 Å². The molecule has 2 aliphatic heterocycles. The fraction of sp³-hybridized carbons (Fsp3) is 0.263. The van der Waals surface area contributed by atoms with Crippen LogP contribution in [0.15, 0.2) is 41.5 Å². The highest BCUT2D eigenvalue weighted by atomic mass is 19.4. The Morgan fingerprint density at radius 3 is 1.97 bits per heavy atom. The van der Waals surface area contributed by atoms with E-state index in [1.54, 1.807) is 0 Å². The molecule has 0 N–H and O–H groups in total. The van der Waals surface area contributed by atoms with E-state index in [9.17, 15) is 45.5 Å². The maximum atomic E-state index is 14.2. The number of rotatable bonds is 2. The summed E-state index contributed by atoms with van der Waals surface area (Å²) in [5, 5.41) is 0. The Labute approximate surface area is 168 Å². The summed E-state index contributed by atoms with van der Waals surface area (Å²) in [5.41, 5.74) is -8.17. The zero-order chi connectivity index (χ0) is 22.9. The third-order valence-electron chi connectivity index (χ3n) is 5.45. The number of allylic oxidation sites excluding steroid dienone is 1. The molecule has 0 amide bonds. The zero-order valence-electron chi connectivity index (χ0n) is 14.9. The summed E-state index contributed by atoms with van der Waals surface area (Å²) in [4.78, 5) is 46.6. The van der Waals surface area contributed by atoms with Crippen molar-refractivity contribution < 1.29 is 55.0 Å². The molecule has 2 heterocycles. The molecule has 162 valence electrons. The minimum Gasteiger partial charge on any atom is -0.386 e. The number of fused-ring (bicyclic) bond motifs is 1. The molecule has 12 heteroatoms. The Hall–Kier alpha value is -3.44. The van der Waals surface area contributed by atoms with Crippen molar-refractivity contribution in [1.29, 1.82) is 0 Å². The van der Waals surface area contributed by atoms with E-state index < -0.39 is 81.8 Å². The molecule has 0 aromatic heterocycles. The molecule has 0 saturated heterocycles. The van der Waals surface area contributed by atoms with Crippen LogP contribution in [0.25, 0.3) is 0 Å². The lowest BCUT2D eigenvalue weighted by Gasteiger charge is -2.43. The monoisotopic (exact) mass is 446 g/mol. The maximum Gasteiger partial charge on any atom is 0.407 e. The lowest BCUT2D eigenvalue weighted by molar-refractivity contribution is -0.315. The van der Waals surface area contributed by atoms with Gasteiger partial charge in [0.05, 0.1) is 22.3 Å². The fourth-order valence-electron chi connectivity index (χ4n) is 4.05. The molecule has 1 aliphatic carbocycles. The molecule has 0 saturated carbocycles. The van der Waals surface area contributed by atoms with Crippen LogP contribution in [0.3, 0.4) is 0 Å². The number of halogens is 6. The Bertz CT molecular complexity index is 1110. The van der Waals surface area contributed by atoms with Crippen LogP contribution in [0, 0.1) is 5.92 Å². The third kappa shape index (κ3) is 2.73. The van der Waals surface area contributed by atoms with E-state index in [0.717, 1.165) is 0 Å². The van der Waals surface area contributed by atoms with Crippen LogP contribution < -0.4 is 0 Å². The first-order valence-corrected chi connectivity index (χ1v) is 8.51. The van der Waals surface area contributed by atoms with Crippen molar-refractivity contribution in [3.63, 3.8) is 0 Å². The zero-order valence-corrected chi connectivity index (χ0v) is 14.9. The third-order valence-corrected chi connectivity index (χ3v) is 5.45. The smallest absolute Gasteiger partial charge is 0.386 e. The minimum atomic E-state index is -5.95. The highest BCUT2D eigenvalue weighted by Crippen LogP contribution is 2.59. The van der Waals surface area contributed by atoms with Gasteiger partial charge in [-0.3, -0.25) is 0 Å². The molecule has 1 atom stereocenters. The van der Waals surface area contributed by atoms with Crippen LogP contribution in [0.5, 0.6) is 0 Å². The van der Waals surface area contributed by atoms with Crippen molar-refractivity contribution in [1.82, 2.24) is 0 Å². The van der Waals surface area contributed by atoms with Gasteiger partial charge in [-0.2, -0.15) is 26.3 Å². The van der Waals surface area contributed by atoms with Gasteiger partial charge >= 0.3 is 36.2 Å². The lowest BCUT2D eigenvalue weighted by Crippen LogP contribution is -2.58. The minimum absolute atomic E-state index is 0.319. The van der Waals surface area contributed by atoms with Gasteiger partial charge in [-0.1, -0.05) is 18.2 Å². The molecule has 1 aromatic carbocycles. The van der Waals surface area contributed by atoms with E-state index in [-0.39, 0.29) is 0 Å². The molecular weight excluding hydrogens is 438 g/mol. The Morgan fingerprint density at radius 1 is 0.774 bits per heavy atom. The normalized spacial score (nSPS) is 21.3. The quantitative estimate of drug-likeness (QED) is 0.394. The molecular formula is C19H8F6O6. The molecule has 31 heavy (non-hydrogen) atoms. The van der Waals surface area contributed by atoms with Crippen LogP contribution in [-0.4, -0.2) is 36.2 Å². The average molecular weight is 446 g/mol. The van der Waals surface area contributed by atoms with E-state index >= 15 is 0 Å². The van der Waals surface area contributed by atoms with Gasteiger partial charge in [0, 0.05) is 5.92 Å². The molecule has 0 fully saturated rings. The second-order valence-electron chi connectivity index (χ2n) is 6.98. The second kappa shape index (κ2) is 6.28. The summed E-state index contributed by atoms with van der Waals surface area (Å²) in [6.45, 7) is 0. The van der Waals surface area contributed by atoms with E-state index in [4.69, 9.17) is 0 Å². The van der Waals surface area contributed by atoms with E-state index in [1.807, 2.05) is 0 Å². The molecule has 0 radical (unpaired) electrons. The number of cyclic esters (lactones) is 4. The molecule has 4 rings (SSSR count). The van der Waals surface area contributed by atoms with Crippen molar-refractivity contribution in [2.45, 2.75) is 24.2 Å². The number of ether oxygens (including phenoxy) is 2. The number of benzene rings is 1. The predicted octanol–water partition coefficient (Wildman–Crippen LogP) is 3.32. The van der Waals surface area contributed by atoms with Gasteiger partial charge in [0.2, 0.25) is 0 Å². The van der Waals surface area contributed by atoms with Crippen molar-refractivity contribution in [3.05, 3.63) is 58.2 Å². The predicted molar refractivity (Wildman–Crippen MR) is 85.3 cm³/mol. The summed E-state index contributed by atoms with van der Waals surface area (Å²) < 4.78 is 94.0. The summed E-state index contributed by atoms with van der Waals surface area (Å²) in [5.74, 6) is -7.48. The average Bonchev–Trinajstić information content (AvgIpc) is 3.09. The number of carbonyl (C=O) groups excluding carboxylic acids is 4. The Balaban J connectivity index is 1.94. The van der Waals surface area contributed by atoms with Gasteiger partial charge in [0.1, 0.15) is 0 Å². The summed E-state index contributed by atoms with van der Waals surface area (Å²) in [6, 6.07) is 1.41. The molecule has 1 aromatic rings. The molecule has 1 unspecified atom stereocenters. The van der Waals surface area contributed by atoms with Gasteiger partial charge in [0.25, 0.3) is 0 Å². The summed E-state index contributed by atoms with van der Waals surface area (Å²) in [6.07, 6.45) is -11.8. The Morgan fingerprint density at radius 2 is 1.35 bits per heavy atom. The van der Waals surface area contributed by atoms with Crippen molar-refractivity contribution in [2.75, 3.05) is 0 Å². The van der Waals surface area contributed by atoms with Crippen molar-refractivity contribution >= 4 is 23.9 Å². The van der Waals surface area contributed by atoms with Gasteiger partial charge in [-0.15, -0.1) is 0 Å². The van der Waals surface area contributed by atoms with Crippen LogP contribution in [0.2, 0.25) is 0 Å². The topological polar surface area (TPSA) is 86.7 Å². The second-order valence-corrected chi connectivity index (χ2v) is 6.98. The van der Waals surface area contributed by atoms with Gasteiger partial charge < -0.3 is 9.47 Å². The van der Waals surface area contributed by atoms with Gasteiger partial charge in [-0.25, -0.2) is 19.2 Å². The summed E-state index contributed by atoms with van der Waals surface area (Å²) >= 11 is 0. The highest BCUT2D eigenvalue weighted by Gasteiger charge is 2.74. The van der Waals surface area contributed by atoms with Gasteiger partial charge in [-0.05, 0) is 24.1 Å². The van der Waals surface area contributed by atoms with E-state index in [0.29, 0.717) is 30.4 Å². The van der Waals surface area contributed by atoms with Crippen molar-refractivity contribution in [3.8, 4) is 0 Å². The first-order chi connectivity index (χ1) is 14.3. The first kappa shape index (κ1) is 20.8. The summed E-state index contributed by atoms with van der Waals surface area (Å²) in [7, 11) is 0. The largest absolute Gasteiger partial charge is 0.407 e. The number of esters is 4. The van der Waals surface area contributed by atoms with Crippen LogP contribution in [0.4, 0.5) is 26.3 Å². The fourth-order valence-corrected chi connectivity index (χ4v) is 4.05. The van der Waals surface area contributed by atoms with E-state index in [1.165, 1.54) is 0 Å². The van der Waals surface area contributed by atoms with Gasteiger partial charge in [0.15, 0.2) is 5.41 Å². The molecule has 0 spiro atoms. The SMILES string of the molecule is O=C1OC(=O)C2=C1C=CC(C(c1ccc3c(c1)C(=O)OC3=O)(C(F)(F)F)C(F)(F)F)C2.